The third-order valence-electron chi connectivity index (χ3n) is 4.44. The van der Waals surface area contributed by atoms with Gasteiger partial charge in [0.15, 0.2) is 17.3 Å². The van der Waals surface area contributed by atoms with Crippen LogP contribution in [-0.2, 0) is 6.61 Å². The van der Waals surface area contributed by atoms with Crippen LogP contribution in [0.15, 0.2) is 66.7 Å². The number of benzene rings is 3. The molecule has 0 fully saturated rings. The van der Waals surface area contributed by atoms with Gasteiger partial charge in [-0.1, -0.05) is 41.9 Å². The zero-order chi connectivity index (χ0) is 22.4. The summed E-state index contributed by atoms with van der Waals surface area (Å²) < 4.78 is 11.2. The fourth-order valence-electron chi connectivity index (χ4n) is 2.91. The largest absolute Gasteiger partial charge is 0.493 e. The lowest BCUT2D eigenvalue weighted by molar-refractivity contribution is 0.0998. The Morgan fingerprint density at radius 1 is 1.03 bits per heavy atom. The molecule has 0 saturated carbocycles. The first-order valence-electron chi connectivity index (χ1n) is 9.34. The van der Waals surface area contributed by atoms with Crippen molar-refractivity contribution in [1.82, 2.24) is 0 Å². The van der Waals surface area contributed by atoms with Crippen LogP contribution < -0.4 is 20.9 Å². The second-order valence-corrected chi connectivity index (χ2v) is 7.12. The van der Waals surface area contributed by atoms with E-state index in [1.807, 2.05) is 6.07 Å². The maximum absolute atomic E-state index is 12.3. The molecule has 0 aromatic heterocycles. The Balaban J connectivity index is 1.77. The second-order valence-electron chi connectivity index (χ2n) is 6.71. The minimum absolute atomic E-state index is 0.167. The number of halogens is 1. The lowest BCUT2D eigenvalue weighted by Crippen LogP contribution is -2.11. The average Bonchev–Trinajstić information content (AvgIpc) is 2.76. The molecule has 31 heavy (non-hydrogen) atoms. The molecule has 0 atom stereocenters. The SMILES string of the molecule is COc1cc(/C=C/C(=O)c2cccc(N)c2)cc(Cl)c1OCc1cccc(C(N)=O)c1. The van der Waals surface area contributed by atoms with E-state index in [1.54, 1.807) is 60.7 Å². The first kappa shape index (κ1) is 21.9. The Bertz CT molecular complexity index is 1160. The molecular weight excluding hydrogens is 416 g/mol. The molecule has 7 heteroatoms. The third-order valence-corrected chi connectivity index (χ3v) is 4.73. The Labute approximate surface area is 185 Å². The zero-order valence-corrected chi connectivity index (χ0v) is 17.6. The molecule has 1 amide bonds. The van der Waals surface area contributed by atoms with Gasteiger partial charge in [0.2, 0.25) is 5.91 Å². The van der Waals surface area contributed by atoms with Gasteiger partial charge in [0.05, 0.1) is 12.1 Å². The van der Waals surface area contributed by atoms with Crippen molar-refractivity contribution in [3.8, 4) is 11.5 Å². The van der Waals surface area contributed by atoms with E-state index >= 15 is 0 Å². The summed E-state index contributed by atoms with van der Waals surface area (Å²) in [6.07, 6.45) is 3.08. The predicted molar refractivity (Wildman–Crippen MR) is 122 cm³/mol. The average molecular weight is 437 g/mol. The molecule has 6 nitrogen and oxygen atoms in total. The number of carbonyl (C=O) groups excluding carboxylic acids is 2. The van der Waals surface area contributed by atoms with Crippen molar-refractivity contribution in [1.29, 1.82) is 0 Å². The van der Waals surface area contributed by atoms with Gasteiger partial charge in [-0.3, -0.25) is 9.59 Å². The Kier molecular flexibility index (Phi) is 6.95. The number of methoxy groups -OCH3 is 1. The summed E-state index contributed by atoms with van der Waals surface area (Å²) >= 11 is 6.40. The summed E-state index contributed by atoms with van der Waals surface area (Å²) in [4.78, 5) is 23.7. The lowest BCUT2D eigenvalue weighted by atomic mass is 10.1. The van der Waals surface area contributed by atoms with E-state index in [0.29, 0.717) is 38.9 Å². The van der Waals surface area contributed by atoms with Crippen molar-refractivity contribution < 1.29 is 19.1 Å². The molecule has 0 aliphatic carbocycles. The van der Waals surface area contributed by atoms with E-state index in [1.165, 1.54) is 13.2 Å². The van der Waals surface area contributed by atoms with Gasteiger partial charge in [-0.25, -0.2) is 0 Å². The highest BCUT2D eigenvalue weighted by atomic mass is 35.5. The van der Waals surface area contributed by atoms with Gasteiger partial charge in [0, 0.05) is 16.8 Å². The van der Waals surface area contributed by atoms with Gasteiger partial charge in [0.1, 0.15) is 6.61 Å². The Morgan fingerprint density at radius 3 is 2.48 bits per heavy atom. The molecule has 0 radical (unpaired) electrons. The van der Waals surface area contributed by atoms with Crippen LogP contribution in [0.2, 0.25) is 5.02 Å². The second kappa shape index (κ2) is 9.82. The van der Waals surface area contributed by atoms with Crippen LogP contribution >= 0.6 is 11.6 Å². The van der Waals surface area contributed by atoms with E-state index in [9.17, 15) is 9.59 Å². The third kappa shape index (κ3) is 5.65. The summed E-state index contributed by atoms with van der Waals surface area (Å²) in [5, 5.41) is 0.321. The molecule has 0 aliphatic heterocycles. The highest BCUT2D eigenvalue weighted by Crippen LogP contribution is 2.37. The fraction of sp³-hybridized carbons (Fsp3) is 0.0833. The molecule has 3 aromatic rings. The van der Waals surface area contributed by atoms with Gasteiger partial charge < -0.3 is 20.9 Å². The summed E-state index contributed by atoms with van der Waals surface area (Å²) in [6, 6.07) is 17.0. The van der Waals surface area contributed by atoms with Gasteiger partial charge in [-0.05, 0) is 53.6 Å². The van der Waals surface area contributed by atoms with E-state index in [0.717, 1.165) is 5.56 Å². The summed E-state index contributed by atoms with van der Waals surface area (Å²) in [5.41, 5.74) is 13.9. The minimum atomic E-state index is -0.513. The summed E-state index contributed by atoms with van der Waals surface area (Å²) in [5.74, 6) is 0.0703. The Morgan fingerprint density at radius 2 is 1.77 bits per heavy atom. The van der Waals surface area contributed by atoms with Gasteiger partial charge in [-0.15, -0.1) is 0 Å². The van der Waals surface area contributed by atoms with Crippen molar-refractivity contribution in [3.63, 3.8) is 0 Å². The molecule has 158 valence electrons. The maximum Gasteiger partial charge on any atom is 0.248 e. The number of nitrogens with two attached hydrogens (primary N) is 2. The van der Waals surface area contributed by atoms with Gasteiger partial charge in [-0.2, -0.15) is 0 Å². The first-order valence-corrected chi connectivity index (χ1v) is 9.72. The number of rotatable bonds is 8. The van der Waals surface area contributed by atoms with Crippen LogP contribution in [0.5, 0.6) is 11.5 Å². The first-order chi connectivity index (χ1) is 14.9. The molecule has 0 bridgehead atoms. The summed E-state index contributed by atoms with van der Waals surface area (Å²) in [6.45, 7) is 0.167. The minimum Gasteiger partial charge on any atom is -0.493 e. The highest BCUT2D eigenvalue weighted by Gasteiger charge is 2.12. The number of allylic oxidation sites excluding steroid dienone is 1. The van der Waals surface area contributed by atoms with Crippen molar-refractivity contribution in [2.45, 2.75) is 6.61 Å². The quantitative estimate of drug-likeness (QED) is 0.307. The number of hydrogen-bond acceptors (Lipinski definition) is 5. The lowest BCUT2D eigenvalue weighted by Gasteiger charge is -2.13. The predicted octanol–water partition coefficient (Wildman–Crippen LogP) is 4.50. The molecule has 0 unspecified atom stereocenters. The number of amides is 1. The zero-order valence-electron chi connectivity index (χ0n) is 16.8. The van der Waals surface area contributed by atoms with E-state index in [2.05, 4.69) is 0 Å². The number of hydrogen-bond donors (Lipinski definition) is 2. The van der Waals surface area contributed by atoms with Crippen LogP contribution in [0.3, 0.4) is 0 Å². The van der Waals surface area contributed by atoms with Crippen LogP contribution in [0.1, 0.15) is 31.8 Å². The Hall–Kier alpha value is -3.77. The van der Waals surface area contributed by atoms with Gasteiger partial charge in [0.25, 0.3) is 0 Å². The molecule has 0 saturated heterocycles. The maximum atomic E-state index is 12.3. The normalized spacial score (nSPS) is 10.8. The van der Waals surface area contributed by atoms with Crippen molar-refractivity contribution in [2.24, 2.45) is 5.73 Å². The molecule has 3 rings (SSSR count). The molecule has 0 aliphatic rings. The van der Waals surface area contributed by atoms with E-state index in [4.69, 9.17) is 32.5 Å². The summed E-state index contributed by atoms with van der Waals surface area (Å²) in [7, 11) is 1.50. The van der Waals surface area contributed by atoms with E-state index in [-0.39, 0.29) is 12.4 Å². The van der Waals surface area contributed by atoms with Crippen molar-refractivity contribution in [3.05, 3.63) is 94.0 Å². The van der Waals surface area contributed by atoms with Crippen molar-refractivity contribution >= 4 is 35.1 Å². The monoisotopic (exact) mass is 436 g/mol. The molecule has 4 N–H and O–H groups in total. The number of carbonyl (C=O) groups is 2. The van der Waals surface area contributed by atoms with Crippen LogP contribution in [-0.4, -0.2) is 18.8 Å². The van der Waals surface area contributed by atoms with Crippen molar-refractivity contribution in [2.75, 3.05) is 12.8 Å². The van der Waals surface area contributed by atoms with Crippen LogP contribution in [0.4, 0.5) is 5.69 Å². The highest BCUT2D eigenvalue weighted by molar-refractivity contribution is 6.32. The molecule has 3 aromatic carbocycles. The van der Waals surface area contributed by atoms with Crippen LogP contribution in [0, 0.1) is 0 Å². The number of anilines is 1. The van der Waals surface area contributed by atoms with Crippen LogP contribution in [0.25, 0.3) is 6.08 Å². The topological polar surface area (TPSA) is 105 Å². The molecule has 0 heterocycles. The fourth-order valence-corrected chi connectivity index (χ4v) is 3.18. The van der Waals surface area contributed by atoms with Gasteiger partial charge >= 0.3 is 0 Å². The number of nitrogen functional groups attached to an aromatic ring is 1. The molecular formula is C24H21ClN2O4. The smallest absolute Gasteiger partial charge is 0.248 e. The number of ketones is 1. The number of ether oxygens (including phenoxy) is 2. The standard InChI is InChI=1S/C24H21ClN2O4/c1-30-22-12-15(8-9-21(28)17-5-3-7-19(26)13-17)11-20(25)23(22)31-14-16-4-2-6-18(10-16)24(27)29/h2-13H,14,26H2,1H3,(H2,27,29)/b9-8+. The number of primary amides is 1. The molecule has 0 spiro atoms. The van der Waals surface area contributed by atoms with E-state index < -0.39 is 5.91 Å².